The van der Waals surface area contributed by atoms with Crippen LogP contribution in [0.15, 0.2) is 24.3 Å². The van der Waals surface area contributed by atoms with Crippen LogP contribution in [-0.4, -0.2) is 16.7 Å². The number of aromatic nitrogens is 1. The van der Waals surface area contributed by atoms with Crippen LogP contribution in [0.3, 0.4) is 0 Å². The zero-order valence-electron chi connectivity index (χ0n) is 8.81. The van der Waals surface area contributed by atoms with E-state index in [4.69, 9.17) is 5.11 Å². The molecule has 2 nitrogen and oxygen atoms in total. The lowest BCUT2D eigenvalue weighted by Gasteiger charge is -2.05. The molecule has 1 aromatic heterocycles. The van der Waals surface area contributed by atoms with Crippen molar-refractivity contribution in [2.45, 2.75) is 19.8 Å². The largest absolute Gasteiger partial charge is 0.396 e. The standard InChI is InChI=1S/C12H15NOS/c1-9(6-7-14)8-12-13-10-4-2-3-5-11(10)15-12/h2-5,9,14H,6-8H2,1H3. The highest BCUT2D eigenvalue weighted by atomic mass is 32.1. The van der Waals surface area contributed by atoms with Crippen LogP contribution in [0.2, 0.25) is 0 Å². The van der Waals surface area contributed by atoms with Gasteiger partial charge in [0.1, 0.15) is 0 Å². The molecular formula is C12H15NOS. The van der Waals surface area contributed by atoms with E-state index in [0.29, 0.717) is 5.92 Å². The first-order chi connectivity index (χ1) is 7.29. The van der Waals surface area contributed by atoms with Crippen LogP contribution in [0.1, 0.15) is 18.4 Å². The van der Waals surface area contributed by atoms with Gasteiger partial charge in [-0.25, -0.2) is 4.98 Å². The van der Waals surface area contributed by atoms with Crippen molar-refractivity contribution >= 4 is 21.6 Å². The lowest BCUT2D eigenvalue weighted by Crippen LogP contribution is -2.01. The van der Waals surface area contributed by atoms with Crippen molar-refractivity contribution in [1.29, 1.82) is 0 Å². The van der Waals surface area contributed by atoms with E-state index in [0.717, 1.165) is 18.4 Å². The summed E-state index contributed by atoms with van der Waals surface area (Å²) >= 11 is 1.76. The predicted octanol–water partition coefficient (Wildman–Crippen LogP) is 2.86. The maximum absolute atomic E-state index is 8.84. The number of nitrogens with zero attached hydrogens (tertiary/aromatic N) is 1. The number of aliphatic hydroxyl groups excluding tert-OH is 1. The lowest BCUT2D eigenvalue weighted by molar-refractivity contribution is 0.262. The molecule has 0 aliphatic carbocycles. The van der Waals surface area contributed by atoms with Gasteiger partial charge in [-0.2, -0.15) is 0 Å². The van der Waals surface area contributed by atoms with E-state index >= 15 is 0 Å². The van der Waals surface area contributed by atoms with Gasteiger partial charge < -0.3 is 5.11 Å². The Morgan fingerprint density at radius 1 is 1.40 bits per heavy atom. The SMILES string of the molecule is CC(CCO)Cc1nc2ccccc2s1. The van der Waals surface area contributed by atoms with Gasteiger partial charge in [-0.15, -0.1) is 11.3 Å². The molecule has 1 aromatic carbocycles. The summed E-state index contributed by atoms with van der Waals surface area (Å²) in [5.41, 5.74) is 1.09. The fourth-order valence-corrected chi connectivity index (χ4v) is 2.76. The molecule has 1 heterocycles. The van der Waals surface area contributed by atoms with Gasteiger partial charge in [0.25, 0.3) is 0 Å². The number of fused-ring (bicyclic) bond motifs is 1. The quantitative estimate of drug-likeness (QED) is 0.861. The fraction of sp³-hybridized carbons (Fsp3) is 0.417. The van der Waals surface area contributed by atoms with Crippen LogP contribution in [0, 0.1) is 5.92 Å². The molecule has 0 fully saturated rings. The van der Waals surface area contributed by atoms with Crippen molar-refractivity contribution < 1.29 is 5.11 Å². The van der Waals surface area contributed by atoms with E-state index in [2.05, 4.69) is 18.0 Å². The number of hydrogen-bond acceptors (Lipinski definition) is 3. The summed E-state index contributed by atoms with van der Waals surface area (Å²) < 4.78 is 1.25. The highest BCUT2D eigenvalue weighted by Gasteiger charge is 2.07. The maximum atomic E-state index is 8.84. The van der Waals surface area contributed by atoms with Crippen LogP contribution in [0.4, 0.5) is 0 Å². The normalized spacial score (nSPS) is 13.2. The summed E-state index contributed by atoms with van der Waals surface area (Å²) in [5, 5.41) is 10.0. The number of rotatable bonds is 4. The van der Waals surface area contributed by atoms with Crippen molar-refractivity contribution in [1.82, 2.24) is 4.98 Å². The maximum Gasteiger partial charge on any atom is 0.0941 e. The first kappa shape index (κ1) is 10.6. The molecule has 0 spiro atoms. The summed E-state index contributed by atoms with van der Waals surface area (Å²) in [4.78, 5) is 4.57. The molecule has 80 valence electrons. The van der Waals surface area contributed by atoms with Gasteiger partial charge in [-0.1, -0.05) is 19.1 Å². The Bertz CT molecular complexity index is 405. The molecule has 0 radical (unpaired) electrons. The summed E-state index contributed by atoms with van der Waals surface area (Å²) in [6.45, 7) is 2.42. The Hall–Kier alpha value is -0.930. The first-order valence-corrected chi connectivity index (χ1v) is 6.06. The van der Waals surface area contributed by atoms with Crippen LogP contribution in [-0.2, 0) is 6.42 Å². The number of thiazole rings is 1. The third-order valence-electron chi connectivity index (χ3n) is 2.48. The molecule has 0 amide bonds. The average Bonchev–Trinajstić information content (AvgIpc) is 2.59. The van der Waals surface area contributed by atoms with Crippen molar-refractivity contribution in [2.75, 3.05) is 6.61 Å². The molecule has 15 heavy (non-hydrogen) atoms. The van der Waals surface area contributed by atoms with Gasteiger partial charge in [-0.3, -0.25) is 0 Å². The van der Waals surface area contributed by atoms with Gasteiger partial charge in [0, 0.05) is 13.0 Å². The van der Waals surface area contributed by atoms with E-state index in [1.165, 1.54) is 9.71 Å². The van der Waals surface area contributed by atoms with Crippen molar-refractivity contribution in [3.05, 3.63) is 29.3 Å². The van der Waals surface area contributed by atoms with Gasteiger partial charge >= 0.3 is 0 Å². The van der Waals surface area contributed by atoms with E-state index < -0.39 is 0 Å². The zero-order valence-corrected chi connectivity index (χ0v) is 9.63. The minimum absolute atomic E-state index is 0.270. The predicted molar refractivity (Wildman–Crippen MR) is 64.2 cm³/mol. The molecule has 1 N–H and O–H groups in total. The van der Waals surface area contributed by atoms with Crippen LogP contribution in [0.25, 0.3) is 10.2 Å². The molecule has 0 saturated heterocycles. The highest BCUT2D eigenvalue weighted by molar-refractivity contribution is 7.18. The van der Waals surface area contributed by atoms with Crippen molar-refractivity contribution in [2.24, 2.45) is 5.92 Å². The van der Waals surface area contributed by atoms with Crippen LogP contribution < -0.4 is 0 Å². The number of hydrogen-bond donors (Lipinski definition) is 1. The molecule has 1 atom stereocenters. The van der Waals surface area contributed by atoms with E-state index in [1.807, 2.05) is 18.2 Å². The molecule has 2 aromatic rings. The van der Waals surface area contributed by atoms with Gasteiger partial charge in [0.2, 0.25) is 0 Å². The minimum Gasteiger partial charge on any atom is -0.396 e. The second-order valence-corrected chi connectivity index (χ2v) is 5.01. The summed E-state index contributed by atoms with van der Waals surface area (Å²) in [7, 11) is 0. The molecule has 0 saturated carbocycles. The van der Waals surface area contributed by atoms with Gasteiger partial charge in [-0.05, 0) is 24.5 Å². The Kier molecular flexibility index (Phi) is 3.34. The first-order valence-electron chi connectivity index (χ1n) is 5.25. The van der Waals surface area contributed by atoms with E-state index in [-0.39, 0.29) is 6.61 Å². The molecule has 0 aliphatic heterocycles. The Balaban J connectivity index is 2.15. The summed E-state index contributed by atoms with van der Waals surface area (Å²) in [5.74, 6) is 0.510. The van der Waals surface area contributed by atoms with E-state index in [9.17, 15) is 0 Å². The third-order valence-corrected chi connectivity index (χ3v) is 3.54. The Morgan fingerprint density at radius 3 is 2.93 bits per heavy atom. The van der Waals surface area contributed by atoms with Gasteiger partial charge in [0.15, 0.2) is 0 Å². The average molecular weight is 221 g/mol. The summed E-state index contributed by atoms with van der Waals surface area (Å²) in [6, 6.07) is 8.21. The fourth-order valence-electron chi connectivity index (χ4n) is 1.63. The molecule has 3 heteroatoms. The van der Waals surface area contributed by atoms with Crippen LogP contribution in [0.5, 0.6) is 0 Å². The zero-order chi connectivity index (χ0) is 10.7. The third kappa shape index (κ3) is 2.55. The second-order valence-electron chi connectivity index (χ2n) is 3.90. The molecule has 2 rings (SSSR count). The number of para-hydroxylation sites is 1. The lowest BCUT2D eigenvalue weighted by atomic mass is 10.1. The highest BCUT2D eigenvalue weighted by Crippen LogP contribution is 2.24. The molecule has 1 unspecified atom stereocenters. The molecular weight excluding hydrogens is 206 g/mol. The number of benzene rings is 1. The molecule has 0 bridgehead atoms. The molecule has 0 aliphatic rings. The van der Waals surface area contributed by atoms with Gasteiger partial charge in [0.05, 0.1) is 15.2 Å². The monoisotopic (exact) mass is 221 g/mol. The minimum atomic E-state index is 0.270. The second kappa shape index (κ2) is 4.73. The Labute approximate surface area is 93.6 Å². The summed E-state index contributed by atoms with van der Waals surface area (Å²) in [6.07, 6.45) is 1.83. The smallest absolute Gasteiger partial charge is 0.0941 e. The van der Waals surface area contributed by atoms with Crippen molar-refractivity contribution in [3.8, 4) is 0 Å². The topological polar surface area (TPSA) is 33.1 Å². The Morgan fingerprint density at radius 2 is 2.20 bits per heavy atom. The van der Waals surface area contributed by atoms with Crippen molar-refractivity contribution in [3.63, 3.8) is 0 Å². The van der Waals surface area contributed by atoms with E-state index in [1.54, 1.807) is 11.3 Å². The number of aliphatic hydroxyl groups is 1. The van der Waals surface area contributed by atoms with Crippen LogP contribution >= 0.6 is 11.3 Å².